The molecule has 0 unspecified atom stereocenters. The van der Waals surface area contributed by atoms with Gasteiger partial charge in [-0.1, -0.05) is 31.2 Å². The second kappa shape index (κ2) is 8.58. The van der Waals surface area contributed by atoms with E-state index in [0.717, 1.165) is 46.3 Å². The maximum absolute atomic E-state index is 4.77. The van der Waals surface area contributed by atoms with Gasteiger partial charge in [-0.2, -0.15) is 0 Å². The van der Waals surface area contributed by atoms with Crippen molar-refractivity contribution in [3.05, 3.63) is 71.1 Å². The van der Waals surface area contributed by atoms with E-state index in [1.807, 2.05) is 19.9 Å². The molecule has 6 heteroatoms. The van der Waals surface area contributed by atoms with Gasteiger partial charge in [-0.3, -0.25) is 0 Å². The molecule has 172 valence electrons. The predicted molar refractivity (Wildman–Crippen MR) is 135 cm³/mol. The number of fused-ring (bicyclic) bond motifs is 1. The molecule has 0 aliphatic carbocycles. The van der Waals surface area contributed by atoms with Crippen LogP contribution in [0.25, 0.3) is 22.4 Å². The number of benzene rings is 2. The second-order valence-electron chi connectivity index (χ2n) is 9.64. The van der Waals surface area contributed by atoms with E-state index in [-0.39, 0.29) is 5.54 Å². The van der Waals surface area contributed by atoms with Crippen LogP contribution in [0, 0.1) is 33.6 Å². The Morgan fingerprint density at radius 3 is 2.27 bits per heavy atom. The van der Waals surface area contributed by atoms with Gasteiger partial charge in [0.15, 0.2) is 5.82 Å². The first-order valence-corrected chi connectivity index (χ1v) is 11.6. The topological polar surface area (TPSA) is 59.7 Å². The monoisotopic (exact) mass is 442 g/mol. The van der Waals surface area contributed by atoms with E-state index in [0.29, 0.717) is 5.92 Å². The molecule has 4 aromatic rings. The predicted octanol–water partition coefficient (Wildman–Crippen LogP) is 5.35. The maximum Gasteiger partial charge on any atom is 0.163 e. The highest BCUT2D eigenvalue weighted by Gasteiger charge is 2.33. The first-order chi connectivity index (χ1) is 15.6. The molecule has 2 heterocycles. The van der Waals surface area contributed by atoms with Crippen LogP contribution in [0.2, 0.25) is 0 Å². The van der Waals surface area contributed by atoms with Crippen LogP contribution in [0.3, 0.4) is 0 Å². The number of aromatic nitrogens is 5. The van der Waals surface area contributed by atoms with Gasteiger partial charge in [0.2, 0.25) is 0 Å². The zero-order valence-corrected chi connectivity index (χ0v) is 21.0. The van der Waals surface area contributed by atoms with Crippen molar-refractivity contribution < 1.29 is 0 Å². The molecule has 2 aromatic carbocycles. The Balaban J connectivity index is 1.64. The van der Waals surface area contributed by atoms with Crippen LogP contribution in [-0.2, 0) is 6.42 Å². The van der Waals surface area contributed by atoms with Crippen LogP contribution in [0.15, 0.2) is 42.5 Å². The van der Waals surface area contributed by atoms with Gasteiger partial charge in [-0.05, 0) is 83.2 Å². The molecule has 33 heavy (non-hydrogen) atoms. The third-order valence-electron chi connectivity index (χ3n) is 7.03. The molecule has 6 nitrogen and oxygen atoms in total. The molecule has 4 rings (SSSR count). The SMILES string of the molecule is Cc1nc(C)nc(-c2ccc(C)c(C[C@H](C)C(C)(C)N(C)n3c(C)nc4ccccc43)c2)n1. The van der Waals surface area contributed by atoms with Gasteiger partial charge in [-0.25, -0.2) is 24.6 Å². The van der Waals surface area contributed by atoms with E-state index in [9.17, 15) is 0 Å². The third kappa shape index (κ3) is 4.34. The minimum atomic E-state index is -0.114. The lowest BCUT2D eigenvalue weighted by molar-refractivity contribution is 0.282. The number of hydrogen-bond acceptors (Lipinski definition) is 5. The number of hydrogen-bond donors (Lipinski definition) is 0. The van der Waals surface area contributed by atoms with Crippen molar-refractivity contribution in [2.24, 2.45) is 5.92 Å². The Morgan fingerprint density at radius 2 is 1.58 bits per heavy atom. The van der Waals surface area contributed by atoms with Crippen LogP contribution < -0.4 is 5.01 Å². The van der Waals surface area contributed by atoms with Crippen LogP contribution in [0.1, 0.15) is 49.4 Å². The number of nitrogens with zero attached hydrogens (tertiary/aromatic N) is 6. The lowest BCUT2D eigenvalue weighted by Gasteiger charge is -2.43. The maximum atomic E-state index is 4.77. The van der Waals surface area contributed by atoms with Gasteiger partial charge in [0.25, 0.3) is 0 Å². The van der Waals surface area contributed by atoms with E-state index >= 15 is 0 Å². The normalized spacial score (nSPS) is 12.8. The van der Waals surface area contributed by atoms with E-state index in [1.54, 1.807) is 0 Å². The average Bonchev–Trinajstić information content (AvgIpc) is 3.09. The Morgan fingerprint density at radius 1 is 0.909 bits per heavy atom. The summed E-state index contributed by atoms with van der Waals surface area (Å²) in [6.45, 7) is 15.0. The summed E-state index contributed by atoms with van der Waals surface area (Å²) in [4.78, 5) is 18.2. The highest BCUT2D eigenvalue weighted by molar-refractivity contribution is 5.76. The highest BCUT2D eigenvalue weighted by Crippen LogP contribution is 2.30. The van der Waals surface area contributed by atoms with Gasteiger partial charge >= 0.3 is 0 Å². The Bertz CT molecular complexity index is 1280. The third-order valence-corrected chi connectivity index (χ3v) is 7.03. The average molecular weight is 443 g/mol. The van der Waals surface area contributed by atoms with Crippen molar-refractivity contribution in [3.63, 3.8) is 0 Å². The summed E-state index contributed by atoms with van der Waals surface area (Å²) >= 11 is 0. The summed E-state index contributed by atoms with van der Waals surface area (Å²) in [6, 6.07) is 14.9. The van der Waals surface area contributed by atoms with Gasteiger partial charge < -0.3 is 5.01 Å². The van der Waals surface area contributed by atoms with Crippen molar-refractivity contribution in [3.8, 4) is 11.4 Å². The smallest absolute Gasteiger partial charge is 0.163 e. The highest BCUT2D eigenvalue weighted by atomic mass is 15.6. The summed E-state index contributed by atoms with van der Waals surface area (Å²) in [5.74, 6) is 3.61. The number of para-hydroxylation sites is 2. The number of aryl methyl sites for hydroxylation is 4. The van der Waals surface area contributed by atoms with Crippen molar-refractivity contribution >= 4 is 11.0 Å². The molecule has 0 spiro atoms. The van der Waals surface area contributed by atoms with E-state index in [1.165, 1.54) is 11.1 Å². The van der Waals surface area contributed by atoms with Crippen molar-refractivity contribution in [2.45, 2.75) is 60.4 Å². The molecule has 0 aliphatic heterocycles. The van der Waals surface area contributed by atoms with Crippen LogP contribution in [0.5, 0.6) is 0 Å². The first kappa shape index (κ1) is 22.9. The first-order valence-electron chi connectivity index (χ1n) is 11.6. The number of imidazole rings is 1. The Hall–Kier alpha value is -3.28. The van der Waals surface area contributed by atoms with Crippen molar-refractivity contribution in [1.29, 1.82) is 0 Å². The standard InChI is InChI=1S/C27H34N6/c1-17-13-14-22(26-29-19(3)28-20(4)30-26)16-23(17)15-18(2)27(6,7)32(8)33-21(5)31-24-11-9-10-12-25(24)33/h9-14,16,18H,15H2,1-8H3/t18-/m0/s1. The molecule has 0 saturated heterocycles. The summed E-state index contributed by atoms with van der Waals surface area (Å²) in [5, 5.41) is 2.33. The molecular weight excluding hydrogens is 408 g/mol. The summed E-state index contributed by atoms with van der Waals surface area (Å²) in [5.41, 5.74) is 5.70. The van der Waals surface area contributed by atoms with Crippen molar-refractivity contribution in [1.82, 2.24) is 24.6 Å². The zero-order valence-electron chi connectivity index (χ0n) is 21.0. The van der Waals surface area contributed by atoms with Crippen LogP contribution in [-0.4, -0.2) is 37.2 Å². The van der Waals surface area contributed by atoms with Crippen LogP contribution >= 0.6 is 0 Å². The van der Waals surface area contributed by atoms with Gasteiger partial charge in [0.05, 0.1) is 16.6 Å². The molecule has 0 radical (unpaired) electrons. The minimum Gasteiger partial charge on any atom is -0.308 e. The van der Waals surface area contributed by atoms with Crippen molar-refractivity contribution in [2.75, 3.05) is 12.1 Å². The fraction of sp³-hybridized carbons (Fsp3) is 0.407. The largest absolute Gasteiger partial charge is 0.308 e. The van der Waals surface area contributed by atoms with Gasteiger partial charge in [0.1, 0.15) is 17.5 Å². The molecule has 0 N–H and O–H groups in total. The molecular formula is C27H34N6. The van der Waals surface area contributed by atoms with Gasteiger partial charge in [0, 0.05) is 12.6 Å². The Labute approximate surface area is 196 Å². The quantitative estimate of drug-likeness (QED) is 0.403. The summed E-state index contributed by atoms with van der Waals surface area (Å²) < 4.78 is 2.24. The molecule has 0 fully saturated rings. The molecule has 0 bridgehead atoms. The fourth-order valence-corrected chi connectivity index (χ4v) is 4.44. The molecule has 0 aliphatic rings. The Kier molecular flexibility index (Phi) is 5.95. The summed E-state index contributed by atoms with van der Waals surface area (Å²) in [6.07, 6.45) is 0.950. The van der Waals surface area contributed by atoms with E-state index in [2.05, 4.69) is 103 Å². The molecule has 2 aromatic heterocycles. The molecule has 0 amide bonds. The second-order valence-corrected chi connectivity index (χ2v) is 9.64. The fourth-order valence-electron chi connectivity index (χ4n) is 4.44. The minimum absolute atomic E-state index is 0.114. The molecule has 0 saturated carbocycles. The lowest BCUT2D eigenvalue weighted by Crippen LogP contribution is -2.53. The molecule has 1 atom stereocenters. The zero-order chi connectivity index (χ0) is 23.9. The van der Waals surface area contributed by atoms with E-state index in [4.69, 9.17) is 4.98 Å². The number of rotatable bonds is 6. The van der Waals surface area contributed by atoms with Crippen LogP contribution in [0.4, 0.5) is 0 Å². The van der Waals surface area contributed by atoms with E-state index < -0.39 is 0 Å². The summed E-state index contributed by atoms with van der Waals surface area (Å²) in [7, 11) is 2.16. The van der Waals surface area contributed by atoms with Gasteiger partial charge in [-0.15, -0.1) is 0 Å². The lowest BCUT2D eigenvalue weighted by atomic mass is 9.82.